The van der Waals surface area contributed by atoms with E-state index in [1.165, 1.54) is 11.1 Å². The normalized spacial score (nSPS) is 14.6. The van der Waals surface area contributed by atoms with Crippen molar-refractivity contribution < 1.29 is 9.53 Å². The largest absolute Gasteiger partial charge is 0.450 e. The number of amides is 1. The van der Waals surface area contributed by atoms with E-state index in [1.807, 2.05) is 25.1 Å². The van der Waals surface area contributed by atoms with Gasteiger partial charge in [0, 0.05) is 13.1 Å². The van der Waals surface area contributed by atoms with E-state index in [4.69, 9.17) is 4.74 Å². The van der Waals surface area contributed by atoms with Crippen LogP contribution >= 0.6 is 0 Å². The molecule has 1 heterocycles. The zero-order valence-corrected chi connectivity index (χ0v) is 8.82. The van der Waals surface area contributed by atoms with E-state index in [2.05, 4.69) is 6.07 Å². The number of carbonyl (C=O) groups excluding carboxylic acids is 1. The quantitative estimate of drug-likeness (QED) is 0.700. The highest BCUT2D eigenvalue weighted by Crippen LogP contribution is 2.18. The molecule has 2 rings (SSSR count). The molecule has 79 valence electrons. The SMILES string of the molecule is CCOC(=O)N1CCc2c[c]ccc2C1. The Balaban J connectivity index is 2.08. The lowest BCUT2D eigenvalue weighted by Crippen LogP contribution is -2.36. The van der Waals surface area contributed by atoms with Crippen LogP contribution in [-0.2, 0) is 17.7 Å². The van der Waals surface area contributed by atoms with E-state index in [0.717, 1.165) is 13.0 Å². The van der Waals surface area contributed by atoms with Crippen molar-refractivity contribution in [1.82, 2.24) is 4.90 Å². The van der Waals surface area contributed by atoms with Gasteiger partial charge in [-0.25, -0.2) is 4.79 Å². The Bertz CT molecular complexity index is 362. The van der Waals surface area contributed by atoms with Crippen LogP contribution in [-0.4, -0.2) is 24.1 Å². The standard InChI is InChI=1S/C12H14NO2/c1-2-15-12(14)13-8-7-10-5-3-4-6-11(10)9-13/h4-6H,2,7-9H2,1H3. The number of fused-ring (bicyclic) bond motifs is 1. The van der Waals surface area contributed by atoms with Gasteiger partial charge in [-0.2, -0.15) is 0 Å². The molecule has 0 N–H and O–H groups in total. The number of hydrogen-bond donors (Lipinski definition) is 0. The minimum absolute atomic E-state index is 0.212. The van der Waals surface area contributed by atoms with Gasteiger partial charge in [-0.1, -0.05) is 18.2 Å². The molecule has 3 nitrogen and oxygen atoms in total. The predicted molar refractivity (Wildman–Crippen MR) is 56.4 cm³/mol. The molecule has 0 fully saturated rings. The summed E-state index contributed by atoms with van der Waals surface area (Å²) in [7, 11) is 0. The van der Waals surface area contributed by atoms with Crippen LogP contribution in [0.25, 0.3) is 0 Å². The summed E-state index contributed by atoms with van der Waals surface area (Å²) >= 11 is 0. The molecule has 0 spiro atoms. The second-order valence-corrected chi connectivity index (χ2v) is 3.57. The molecule has 1 radical (unpaired) electrons. The van der Waals surface area contributed by atoms with Crippen molar-refractivity contribution in [3.05, 3.63) is 35.4 Å². The number of nitrogens with zero attached hydrogens (tertiary/aromatic N) is 1. The number of hydrogen-bond acceptors (Lipinski definition) is 2. The molecule has 15 heavy (non-hydrogen) atoms. The van der Waals surface area contributed by atoms with Gasteiger partial charge in [0.15, 0.2) is 0 Å². The summed E-state index contributed by atoms with van der Waals surface area (Å²) in [6.07, 6.45) is 0.682. The third kappa shape index (κ3) is 2.12. The average molecular weight is 204 g/mol. The summed E-state index contributed by atoms with van der Waals surface area (Å²) in [6.45, 7) is 3.65. The Morgan fingerprint density at radius 3 is 3.27 bits per heavy atom. The van der Waals surface area contributed by atoms with Crippen molar-refractivity contribution >= 4 is 6.09 Å². The summed E-state index contributed by atoms with van der Waals surface area (Å²) in [4.78, 5) is 13.2. The van der Waals surface area contributed by atoms with E-state index < -0.39 is 0 Å². The van der Waals surface area contributed by atoms with Crippen molar-refractivity contribution in [1.29, 1.82) is 0 Å². The summed E-state index contributed by atoms with van der Waals surface area (Å²) in [5.41, 5.74) is 2.49. The Morgan fingerprint density at radius 2 is 2.47 bits per heavy atom. The maximum Gasteiger partial charge on any atom is 0.410 e. The lowest BCUT2D eigenvalue weighted by Gasteiger charge is -2.27. The molecular weight excluding hydrogens is 190 g/mol. The first-order valence-electron chi connectivity index (χ1n) is 5.21. The highest BCUT2D eigenvalue weighted by Gasteiger charge is 2.20. The van der Waals surface area contributed by atoms with Gasteiger partial charge in [0.25, 0.3) is 0 Å². The second-order valence-electron chi connectivity index (χ2n) is 3.57. The summed E-state index contributed by atoms with van der Waals surface area (Å²) < 4.78 is 4.98. The molecule has 0 unspecified atom stereocenters. The third-order valence-corrected chi connectivity index (χ3v) is 2.59. The molecule has 1 aromatic carbocycles. The fourth-order valence-electron chi connectivity index (χ4n) is 1.79. The first-order valence-corrected chi connectivity index (χ1v) is 5.21. The topological polar surface area (TPSA) is 29.5 Å². The first kappa shape index (κ1) is 10.0. The van der Waals surface area contributed by atoms with Crippen LogP contribution < -0.4 is 0 Å². The molecular formula is C12H14NO2. The summed E-state index contributed by atoms with van der Waals surface area (Å²) in [5, 5.41) is 0. The van der Waals surface area contributed by atoms with Gasteiger partial charge >= 0.3 is 6.09 Å². The molecule has 3 heteroatoms. The van der Waals surface area contributed by atoms with Crippen LogP contribution in [0, 0.1) is 6.07 Å². The van der Waals surface area contributed by atoms with E-state index >= 15 is 0 Å². The van der Waals surface area contributed by atoms with Crippen LogP contribution in [0.1, 0.15) is 18.1 Å². The summed E-state index contributed by atoms with van der Waals surface area (Å²) in [5.74, 6) is 0. The fourth-order valence-corrected chi connectivity index (χ4v) is 1.79. The Hall–Kier alpha value is -1.51. The molecule has 0 bridgehead atoms. The van der Waals surface area contributed by atoms with Crippen LogP contribution in [0.5, 0.6) is 0 Å². The van der Waals surface area contributed by atoms with Gasteiger partial charge in [0.1, 0.15) is 0 Å². The van der Waals surface area contributed by atoms with Gasteiger partial charge in [-0.3, -0.25) is 0 Å². The maximum absolute atomic E-state index is 11.5. The lowest BCUT2D eigenvalue weighted by atomic mass is 10.0. The molecule has 1 aliphatic heterocycles. The molecule has 0 aromatic heterocycles. The van der Waals surface area contributed by atoms with Crippen LogP contribution in [0.4, 0.5) is 4.79 Å². The smallest absolute Gasteiger partial charge is 0.410 e. The van der Waals surface area contributed by atoms with Crippen LogP contribution in [0.15, 0.2) is 18.2 Å². The monoisotopic (exact) mass is 204 g/mol. The minimum atomic E-state index is -0.212. The molecule has 0 atom stereocenters. The van der Waals surface area contributed by atoms with Crippen molar-refractivity contribution in [2.75, 3.05) is 13.2 Å². The lowest BCUT2D eigenvalue weighted by molar-refractivity contribution is 0.102. The van der Waals surface area contributed by atoms with E-state index in [1.54, 1.807) is 4.90 Å². The van der Waals surface area contributed by atoms with Crippen molar-refractivity contribution in [2.24, 2.45) is 0 Å². The summed E-state index contributed by atoms with van der Waals surface area (Å²) in [6, 6.07) is 8.95. The Kier molecular flexibility index (Phi) is 2.90. The maximum atomic E-state index is 11.5. The van der Waals surface area contributed by atoms with E-state index in [-0.39, 0.29) is 6.09 Å². The fraction of sp³-hybridized carbons (Fsp3) is 0.417. The minimum Gasteiger partial charge on any atom is -0.450 e. The third-order valence-electron chi connectivity index (χ3n) is 2.59. The van der Waals surface area contributed by atoms with Gasteiger partial charge in [-0.15, -0.1) is 0 Å². The van der Waals surface area contributed by atoms with Gasteiger partial charge < -0.3 is 9.64 Å². The van der Waals surface area contributed by atoms with Crippen LogP contribution in [0.2, 0.25) is 0 Å². The van der Waals surface area contributed by atoms with E-state index in [9.17, 15) is 4.79 Å². The average Bonchev–Trinajstić information content (AvgIpc) is 2.29. The molecule has 0 saturated carbocycles. The van der Waals surface area contributed by atoms with Gasteiger partial charge in [-0.05, 0) is 30.5 Å². The van der Waals surface area contributed by atoms with Gasteiger partial charge in [0.05, 0.1) is 6.61 Å². The highest BCUT2D eigenvalue weighted by molar-refractivity contribution is 5.68. The van der Waals surface area contributed by atoms with Crippen LogP contribution in [0.3, 0.4) is 0 Å². The number of ether oxygens (including phenoxy) is 1. The number of benzene rings is 1. The molecule has 1 aliphatic rings. The second kappa shape index (κ2) is 4.34. The molecule has 0 aliphatic carbocycles. The Morgan fingerprint density at radius 1 is 1.60 bits per heavy atom. The van der Waals surface area contributed by atoms with Gasteiger partial charge in [0.2, 0.25) is 0 Å². The van der Waals surface area contributed by atoms with Crippen molar-refractivity contribution in [3.8, 4) is 0 Å². The number of carbonyl (C=O) groups is 1. The zero-order chi connectivity index (χ0) is 10.7. The van der Waals surface area contributed by atoms with Crippen molar-refractivity contribution in [2.45, 2.75) is 19.9 Å². The zero-order valence-electron chi connectivity index (χ0n) is 8.82. The molecule has 1 amide bonds. The Labute approximate surface area is 89.7 Å². The predicted octanol–water partition coefficient (Wildman–Crippen LogP) is 2.00. The highest BCUT2D eigenvalue weighted by atomic mass is 16.6. The number of rotatable bonds is 1. The first-order chi connectivity index (χ1) is 7.31. The van der Waals surface area contributed by atoms with Crippen molar-refractivity contribution in [3.63, 3.8) is 0 Å². The molecule has 1 aromatic rings. The molecule has 0 saturated heterocycles. The van der Waals surface area contributed by atoms with E-state index in [0.29, 0.717) is 13.2 Å².